The number of rotatable bonds is 3. The molecule has 3 nitrogen and oxygen atoms in total. The lowest BCUT2D eigenvalue weighted by Crippen LogP contribution is -2.21. The molecule has 1 fully saturated rings. The Bertz CT molecular complexity index is 494. The lowest BCUT2D eigenvalue weighted by atomic mass is 9.79. The fraction of sp³-hybridized carbons (Fsp3) is 0.765. The summed E-state index contributed by atoms with van der Waals surface area (Å²) in [5, 5.41) is 3.21. The van der Waals surface area contributed by atoms with Crippen LogP contribution in [-0.4, -0.2) is 17.0 Å². The van der Waals surface area contributed by atoms with E-state index in [0.29, 0.717) is 5.92 Å². The van der Waals surface area contributed by atoms with Crippen molar-refractivity contribution in [1.29, 1.82) is 0 Å². The first-order chi connectivity index (χ1) is 9.86. The van der Waals surface area contributed by atoms with Crippen LogP contribution in [0, 0.1) is 5.92 Å². The smallest absolute Gasteiger partial charge is 0.144 e. The summed E-state index contributed by atoms with van der Waals surface area (Å²) in [7, 11) is 1.93. The lowest BCUT2D eigenvalue weighted by molar-refractivity contribution is 0.306. The average molecular weight is 354 g/mol. The van der Waals surface area contributed by atoms with Gasteiger partial charge in [-0.25, -0.2) is 9.97 Å². The minimum absolute atomic E-state index is 0.0148. The van der Waals surface area contributed by atoms with Crippen molar-refractivity contribution in [1.82, 2.24) is 9.97 Å². The molecule has 0 saturated heterocycles. The maximum atomic E-state index is 4.95. The van der Waals surface area contributed by atoms with Gasteiger partial charge in [-0.3, -0.25) is 0 Å². The summed E-state index contributed by atoms with van der Waals surface area (Å²) in [4.78, 5) is 9.73. The zero-order valence-corrected chi connectivity index (χ0v) is 15.5. The number of halogens is 1. The Labute approximate surface area is 137 Å². The van der Waals surface area contributed by atoms with Crippen molar-refractivity contribution < 1.29 is 0 Å². The van der Waals surface area contributed by atoms with E-state index in [-0.39, 0.29) is 5.41 Å². The van der Waals surface area contributed by atoms with Gasteiger partial charge in [-0.2, -0.15) is 0 Å². The highest BCUT2D eigenvalue weighted by atomic mass is 79.9. The summed E-state index contributed by atoms with van der Waals surface area (Å²) in [5.41, 5.74) is 1.12. The Hall–Kier alpha value is -0.640. The van der Waals surface area contributed by atoms with Crippen molar-refractivity contribution in [3.05, 3.63) is 16.0 Å². The number of nitrogens with one attached hydrogen (secondary N) is 1. The van der Waals surface area contributed by atoms with Crippen LogP contribution in [-0.2, 0) is 5.41 Å². The van der Waals surface area contributed by atoms with Gasteiger partial charge in [0, 0.05) is 18.4 Å². The molecule has 1 aliphatic rings. The van der Waals surface area contributed by atoms with Gasteiger partial charge in [0.1, 0.15) is 11.6 Å². The SMILES string of the molecule is CCC1CCCC(c2nc(NC)c(Br)c(C(C)(C)C)n2)C1. The zero-order valence-electron chi connectivity index (χ0n) is 14.0. The third-order valence-corrected chi connectivity index (χ3v) is 5.29. The Morgan fingerprint density at radius 3 is 2.52 bits per heavy atom. The summed E-state index contributed by atoms with van der Waals surface area (Å²) in [6.45, 7) is 8.92. The van der Waals surface area contributed by atoms with Gasteiger partial charge in [0.15, 0.2) is 0 Å². The summed E-state index contributed by atoms with van der Waals surface area (Å²) in [5.74, 6) is 3.31. The minimum Gasteiger partial charge on any atom is -0.372 e. The standard InChI is InChI=1S/C17H28BrN3/c1-6-11-8-7-9-12(10-11)15-20-14(17(2,3)4)13(18)16(19-5)21-15/h11-12H,6-10H2,1-5H3,(H,19,20,21). The molecule has 0 aromatic carbocycles. The first-order valence-corrected chi connectivity index (χ1v) is 8.91. The molecule has 1 saturated carbocycles. The molecular formula is C17H28BrN3. The molecule has 118 valence electrons. The van der Waals surface area contributed by atoms with Crippen molar-refractivity contribution in [2.75, 3.05) is 12.4 Å². The second kappa shape index (κ2) is 6.64. The minimum atomic E-state index is 0.0148. The number of hydrogen-bond donors (Lipinski definition) is 1. The highest BCUT2D eigenvalue weighted by Gasteiger charge is 2.28. The van der Waals surface area contributed by atoms with Gasteiger partial charge in [-0.15, -0.1) is 0 Å². The largest absolute Gasteiger partial charge is 0.372 e. The molecule has 0 bridgehead atoms. The molecule has 0 spiro atoms. The Balaban J connectivity index is 2.39. The third-order valence-electron chi connectivity index (χ3n) is 4.54. The Morgan fingerprint density at radius 2 is 1.95 bits per heavy atom. The van der Waals surface area contributed by atoms with E-state index in [4.69, 9.17) is 9.97 Å². The van der Waals surface area contributed by atoms with E-state index < -0.39 is 0 Å². The first-order valence-electron chi connectivity index (χ1n) is 8.12. The van der Waals surface area contributed by atoms with E-state index in [1.807, 2.05) is 7.05 Å². The molecule has 1 aliphatic carbocycles. The van der Waals surface area contributed by atoms with Gasteiger partial charge in [-0.1, -0.05) is 47.0 Å². The first kappa shape index (κ1) is 16.7. The summed E-state index contributed by atoms with van der Waals surface area (Å²) >= 11 is 3.67. The van der Waals surface area contributed by atoms with Crippen LogP contribution in [0.25, 0.3) is 0 Å². The van der Waals surface area contributed by atoms with Gasteiger partial charge in [-0.05, 0) is 34.7 Å². The molecular weight excluding hydrogens is 326 g/mol. The van der Waals surface area contributed by atoms with Crippen LogP contribution in [0.15, 0.2) is 4.47 Å². The number of nitrogens with zero attached hydrogens (tertiary/aromatic N) is 2. The monoisotopic (exact) mass is 353 g/mol. The van der Waals surface area contributed by atoms with E-state index in [1.165, 1.54) is 32.1 Å². The highest BCUT2D eigenvalue weighted by Crippen LogP contribution is 2.39. The van der Waals surface area contributed by atoms with Gasteiger partial charge in [0.2, 0.25) is 0 Å². The van der Waals surface area contributed by atoms with Gasteiger partial charge < -0.3 is 5.32 Å². The van der Waals surface area contributed by atoms with Gasteiger partial charge in [0.05, 0.1) is 10.2 Å². The van der Waals surface area contributed by atoms with Crippen LogP contribution < -0.4 is 5.32 Å². The quantitative estimate of drug-likeness (QED) is 0.804. The normalized spacial score (nSPS) is 23.1. The average Bonchev–Trinajstić information content (AvgIpc) is 2.46. The van der Waals surface area contributed by atoms with E-state index in [0.717, 1.165) is 27.7 Å². The zero-order chi connectivity index (χ0) is 15.6. The molecule has 1 aromatic rings. The molecule has 0 radical (unpaired) electrons. The van der Waals surface area contributed by atoms with E-state index in [2.05, 4.69) is 48.9 Å². The Morgan fingerprint density at radius 1 is 1.24 bits per heavy atom. The lowest BCUT2D eigenvalue weighted by Gasteiger charge is -2.29. The maximum absolute atomic E-state index is 4.95. The molecule has 2 unspecified atom stereocenters. The van der Waals surface area contributed by atoms with Crippen LogP contribution >= 0.6 is 15.9 Å². The van der Waals surface area contributed by atoms with Crippen molar-refractivity contribution in [3.63, 3.8) is 0 Å². The number of aromatic nitrogens is 2. The fourth-order valence-electron chi connectivity index (χ4n) is 3.21. The van der Waals surface area contributed by atoms with Gasteiger partial charge >= 0.3 is 0 Å². The van der Waals surface area contributed by atoms with E-state index in [9.17, 15) is 0 Å². The van der Waals surface area contributed by atoms with Crippen molar-refractivity contribution >= 4 is 21.7 Å². The molecule has 0 amide bonds. The molecule has 21 heavy (non-hydrogen) atoms. The van der Waals surface area contributed by atoms with Crippen LogP contribution in [0.5, 0.6) is 0 Å². The van der Waals surface area contributed by atoms with Crippen LogP contribution in [0.2, 0.25) is 0 Å². The maximum Gasteiger partial charge on any atom is 0.144 e. The fourth-order valence-corrected chi connectivity index (χ4v) is 4.18. The van der Waals surface area contributed by atoms with Crippen molar-refractivity contribution in [2.24, 2.45) is 5.92 Å². The summed E-state index contributed by atoms with van der Waals surface area (Å²) in [6, 6.07) is 0. The highest BCUT2D eigenvalue weighted by molar-refractivity contribution is 9.10. The topological polar surface area (TPSA) is 37.8 Å². The molecule has 1 aromatic heterocycles. The molecule has 1 N–H and O–H groups in total. The molecule has 1 heterocycles. The predicted molar refractivity (Wildman–Crippen MR) is 93.0 cm³/mol. The van der Waals surface area contributed by atoms with Crippen molar-refractivity contribution in [3.8, 4) is 0 Å². The summed E-state index contributed by atoms with van der Waals surface area (Å²) in [6.07, 6.45) is 6.42. The van der Waals surface area contributed by atoms with E-state index >= 15 is 0 Å². The van der Waals surface area contributed by atoms with Crippen molar-refractivity contribution in [2.45, 2.75) is 71.1 Å². The molecule has 2 atom stereocenters. The molecule has 2 rings (SSSR count). The number of anilines is 1. The predicted octanol–water partition coefficient (Wildman–Crippen LogP) is 5.26. The second-order valence-electron chi connectivity index (χ2n) is 7.23. The van der Waals surface area contributed by atoms with E-state index in [1.54, 1.807) is 0 Å². The van der Waals surface area contributed by atoms with Gasteiger partial charge in [0.25, 0.3) is 0 Å². The molecule has 0 aliphatic heterocycles. The third kappa shape index (κ3) is 3.77. The number of hydrogen-bond acceptors (Lipinski definition) is 3. The van der Waals surface area contributed by atoms with Crippen LogP contribution in [0.4, 0.5) is 5.82 Å². The molecule has 4 heteroatoms. The van der Waals surface area contributed by atoms with Crippen LogP contribution in [0.1, 0.15) is 77.2 Å². The van der Waals surface area contributed by atoms with Crippen LogP contribution in [0.3, 0.4) is 0 Å². The second-order valence-corrected chi connectivity index (χ2v) is 8.02. The summed E-state index contributed by atoms with van der Waals surface area (Å²) < 4.78 is 1.00. The Kier molecular flexibility index (Phi) is 5.29.